The van der Waals surface area contributed by atoms with Crippen molar-refractivity contribution in [2.24, 2.45) is 5.92 Å². The van der Waals surface area contributed by atoms with Crippen LogP contribution in [-0.4, -0.2) is 15.1 Å². The number of fused-ring (bicyclic) bond motifs is 1. The molecule has 1 aromatic carbocycles. The first-order chi connectivity index (χ1) is 13.3. The molecule has 1 heterocycles. The van der Waals surface area contributed by atoms with Crippen molar-refractivity contribution in [2.75, 3.05) is 0 Å². The first kappa shape index (κ1) is 19.9. The van der Waals surface area contributed by atoms with E-state index in [0.717, 1.165) is 30.1 Å². The Kier molecular flexibility index (Phi) is 7.67. The molecular formula is C24H34N2O. The molecule has 1 aromatic heterocycles. The number of benzene rings is 1. The molecule has 3 rings (SSSR count). The van der Waals surface area contributed by atoms with Crippen LogP contribution in [-0.2, 0) is 12.8 Å². The summed E-state index contributed by atoms with van der Waals surface area (Å²) >= 11 is 0. The van der Waals surface area contributed by atoms with Gasteiger partial charge in [0.25, 0.3) is 0 Å². The Labute approximate surface area is 164 Å². The van der Waals surface area contributed by atoms with Gasteiger partial charge in [-0.1, -0.05) is 64.7 Å². The third kappa shape index (κ3) is 6.05. The van der Waals surface area contributed by atoms with Gasteiger partial charge in [0.05, 0.1) is 0 Å². The van der Waals surface area contributed by atoms with Gasteiger partial charge in [0, 0.05) is 17.5 Å². The van der Waals surface area contributed by atoms with E-state index < -0.39 is 0 Å². The minimum absolute atomic E-state index is 0.278. The van der Waals surface area contributed by atoms with Gasteiger partial charge in [0.15, 0.2) is 5.82 Å². The topological polar surface area (TPSA) is 46.0 Å². The smallest absolute Gasteiger partial charge is 0.159 e. The molecule has 1 N–H and O–H groups in total. The lowest BCUT2D eigenvalue weighted by molar-refractivity contribution is 0.399. The summed E-state index contributed by atoms with van der Waals surface area (Å²) in [7, 11) is 0. The van der Waals surface area contributed by atoms with Crippen LogP contribution in [0.3, 0.4) is 0 Å². The summed E-state index contributed by atoms with van der Waals surface area (Å²) in [5, 5.41) is 9.44. The number of aryl methyl sites for hydroxylation is 1. The summed E-state index contributed by atoms with van der Waals surface area (Å²) in [5.41, 5.74) is 3.53. The first-order valence-corrected chi connectivity index (χ1v) is 10.9. The Balaban J connectivity index is 1.43. The number of unbranched alkanes of at least 4 members (excludes halogenated alkanes) is 7. The molecule has 1 aliphatic rings. The molecular weight excluding hydrogens is 332 g/mol. The molecule has 27 heavy (non-hydrogen) atoms. The number of aromatic hydroxyl groups is 1. The summed E-state index contributed by atoms with van der Waals surface area (Å²) in [6, 6.07) is 7.14. The van der Waals surface area contributed by atoms with Crippen molar-refractivity contribution in [2.45, 2.75) is 84.0 Å². The molecule has 3 heteroatoms. The largest absolute Gasteiger partial charge is 0.508 e. The maximum absolute atomic E-state index is 9.44. The van der Waals surface area contributed by atoms with Crippen molar-refractivity contribution in [3.8, 4) is 17.1 Å². The van der Waals surface area contributed by atoms with E-state index in [4.69, 9.17) is 4.98 Å². The zero-order valence-electron chi connectivity index (χ0n) is 16.8. The Hall–Kier alpha value is -1.90. The standard InChI is InChI=1S/C24H34N2O/c1-2-3-4-5-6-7-8-9-10-19-11-16-23-21(17-19)18-25-24(26-23)20-12-14-22(27)15-13-20/h12-15,18-19,27H,2-11,16-17H2,1H3. The number of aromatic nitrogens is 2. The van der Waals surface area contributed by atoms with Gasteiger partial charge in [-0.05, 0) is 55.0 Å². The lowest BCUT2D eigenvalue weighted by atomic mass is 9.84. The van der Waals surface area contributed by atoms with E-state index in [2.05, 4.69) is 11.9 Å². The molecule has 146 valence electrons. The highest BCUT2D eigenvalue weighted by molar-refractivity contribution is 5.56. The molecule has 1 atom stereocenters. The second-order valence-electron chi connectivity index (χ2n) is 8.08. The predicted octanol–water partition coefficient (Wildman–Crippen LogP) is 6.48. The van der Waals surface area contributed by atoms with Crippen molar-refractivity contribution in [3.05, 3.63) is 41.7 Å². The van der Waals surface area contributed by atoms with Crippen LogP contribution in [0.4, 0.5) is 0 Å². The third-order valence-corrected chi connectivity index (χ3v) is 5.84. The van der Waals surface area contributed by atoms with Gasteiger partial charge in [-0.2, -0.15) is 0 Å². The van der Waals surface area contributed by atoms with Gasteiger partial charge >= 0.3 is 0 Å². The highest BCUT2D eigenvalue weighted by Gasteiger charge is 2.20. The maximum Gasteiger partial charge on any atom is 0.159 e. The van der Waals surface area contributed by atoms with Gasteiger partial charge in [-0.15, -0.1) is 0 Å². The molecule has 1 unspecified atom stereocenters. The second-order valence-corrected chi connectivity index (χ2v) is 8.08. The Morgan fingerprint density at radius 3 is 2.41 bits per heavy atom. The van der Waals surface area contributed by atoms with E-state index in [-0.39, 0.29) is 5.75 Å². The molecule has 0 radical (unpaired) electrons. The second kappa shape index (κ2) is 10.4. The van der Waals surface area contributed by atoms with Crippen LogP contribution in [0, 0.1) is 5.92 Å². The van der Waals surface area contributed by atoms with Gasteiger partial charge < -0.3 is 5.11 Å². The van der Waals surface area contributed by atoms with E-state index >= 15 is 0 Å². The number of nitrogens with zero attached hydrogens (tertiary/aromatic N) is 2. The van der Waals surface area contributed by atoms with Crippen LogP contribution in [0.2, 0.25) is 0 Å². The van der Waals surface area contributed by atoms with E-state index in [1.807, 2.05) is 18.3 Å². The van der Waals surface area contributed by atoms with Gasteiger partial charge in [-0.3, -0.25) is 0 Å². The van der Waals surface area contributed by atoms with Crippen molar-refractivity contribution in [3.63, 3.8) is 0 Å². The number of phenolic OH excluding ortho intramolecular Hbond substituents is 1. The molecule has 3 nitrogen and oxygen atoms in total. The fourth-order valence-corrected chi connectivity index (χ4v) is 4.15. The summed E-state index contributed by atoms with van der Waals surface area (Å²) in [6.45, 7) is 2.28. The van der Waals surface area contributed by atoms with Crippen molar-refractivity contribution < 1.29 is 5.11 Å². The summed E-state index contributed by atoms with van der Waals surface area (Å²) < 4.78 is 0. The molecule has 0 spiro atoms. The van der Waals surface area contributed by atoms with Crippen LogP contribution >= 0.6 is 0 Å². The van der Waals surface area contributed by atoms with Crippen molar-refractivity contribution in [1.82, 2.24) is 9.97 Å². The van der Waals surface area contributed by atoms with Crippen LogP contribution < -0.4 is 0 Å². The van der Waals surface area contributed by atoms with Crippen molar-refractivity contribution >= 4 is 0 Å². The normalized spacial score (nSPS) is 16.3. The average molecular weight is 367 g/mol. The van der Waals surface area contributed by atoms with Crippen molar-refractivity contribution in [1.29, 1.82) is 0 Å². The summed E-state index contributed by atoms with van der Waals surface area (Å²) in [6.07, 6.45) is 18.0. The van der Waals surface area contributed by atoms with Crippen LogP contribution in [0.15, 0.2) is 30.5 Å². The number of phenols is 1. The molecule has 1 aliphatic carbocycles. The number of rotatable bonds is 10. The van der Waals surface area contributed by atoms with E-state index in [1.165, 1.54) is 75.5 Å². The number of hydrogen-bond donors (Lipinski definition) is 1. The minimum Gasteiger partial charge on any atom is -0.508 e. The maximum atomic E-state index is 9.44. The lowest BCUT2D eigenvalue weighted by Gasteiger charge is -2.24. The fraction of sp³-hybridized carbons (Fsp3) is 0.583. The van der Waals surface area contributed by atoms with Crippen LogP contribution in [0.1, 0.15) is 82.4 Å². The fourth-order valence-electron chi connectivity index (χ4n) is 4.15. The van der Waals surface area contributed by atoms with E-state index in [9.17, 15) is 5.11 Å². The highest BCUT2D eigenvalue weighted by Crippen LogP contribution is 2.29. The zero-order valence-corrected chi connectivity index (χ0v) is 16.8. The quantitative estimate of drug-likeness (QED) is 0.489. The van der Waals surface area contributed by atoms with E-state index in [0.29, 0.717) is 0 Å². The summed E-state index contributed by atoms with van der Waals surface area (Å²) in [5.74, 6) is 1.86. The Morgan fingerprint density at radius 2 is 1.67 bits per heavy atom. The molecule has 0 amide bonds. The first-order valence-electron chi connectivity index (χ1n) is 10.9. The van der Waals surface area contributed by atoms with Gasteiger partial charge in [-0.25, -0.2) is 9.97 Å². The predicted molar refractivity (Wildman–Crippen MR) is 112 cm³/mol. The molecule has 0 saturated carbocycles. The SMILES string of the molecule is CCCCCCCCCCC1CCc2nc(-c3ccc(O)cc3)ncc2C1. The Morgan fingerprint density at radius 1 is 0.963 bits per heavy atom. The third-order valence-electron chi connectivity index (χ3n) is 5.84. The minimum atomic E-state index is 0.278. The summed E-state index contributed by atoms with van der Waals surface area (Å²) in [4.78, 5) is 9.38. The molecule has 0 aliphatic heterocycles. The van der Waals surface area contributed by atoms with Crippen LogP contribution in [0.25, 0.3) is 11.4 Å². The van der Waals surface area contributed by atoms with E-state index in [1.54, 1.807) is 12.1 Å². The molecule has 2 aromatic rings. The lowest BCUT2D eigenvalue weighted by Crippen LogP contribution is -2.16. The van der Waals surface area contributed by atoms with Gasteiger partial charge in [0.1, 0.15) is 5.75 Å². The Bertz CT molecular complexity index is 696. The zero-order chi connectivity index (χ0) is 18.9. The average Bonchev–Trinajstić information content (AvgIpc) is 2.70. The van der Waals surface area contributed by atoms with Crippen LogP contribution in [0.5, 0.6) is 5.75 Å². The monoisotopic (exact) mass is 366 g/mol. The molecule has 0 fully saturated rings. The number of hydrogen-bond acceptors (Lipinski definition) is 3. The highest BCUT2D eigenvalue weighted by atomic mass is 16.3. The molecule has 0 bridgehead atoms. The van der Waals surface area contributed by atoms with Gasteiger partial charge in [0.2, 0.25) is 0 Å². The molecule has 0 saturated heterocycles.